The molecule has 0 radical (unpaired) electrons. The number of rotatable bonds is 4. The van der Waals surface area contributed by atoms with Crippen molar-refractivity contribution in [3.05, 3.63) is 44.4 Å². The number of hydrogen-bond acceptors (Lipinski definition) is 4. The van der Waals surface area contributed by atoms with Gasteiger partial charge in [-0.25, -0.2) is 0 Å². The standard InChI is InChI=1S/C11H13BrN2OS/c1-7-9(4-5-15-7)10(14-13)6-8-2-3-11(12)16-8/h2-5,10,14H,6,13H2,1H3. The van der Waals surface area contributed by atoms with Crippen LogP contribution in [0.4, 0.5) is 0 Å². The first-order valence-electron chi connectivity index (χ1n) is 4.95. The van der Waals surface area contributed by atoms with Gasteiger partial charge in [-0.05, 0) is 41.1 Å². The molecule has 86 valence electrons. The van der Waals surface area contributed by atoms with Crippen molar-refractivity contribution in [2.45, 2.75) is 19.4 Å². The summed E-state index contributed by atoms with van der Waals surface area (Å²) in [6, 6.07) is 6.22. The van der Waals surface area contributed by atoms with Gasteiger partial charge in [-0.15, -0.1) is 11.3 Å². The van der Waals surface area contributed by atoms with Crippen molar-refractivity contribution >= 4 is 27.3 Å². The Morgan fingerprint density at radius 2 is 2.31 bits per heavy atom. The molecule has 3 N–H and O–H groups in total. The van der Waals surface area contributed by atoms with E-state index in [1.54, 1.807) is 17.6 Å². The molecule has 0 aromatic carbocycles. The second-order valence-electron chi connectivity index (χ2n) is 3.56. The maximum absolute atomic E-state index is 5.59. The predicted molar refractivity (Wildman–Crippen MR) is 69.2 cm³/mol. The molecular formula is C11H13BrN2OS. The van der Waals surface area contributed by atoms with Crippen LogP contribution < -0.4 is 11.3 Å². The zero-order valence-corrected chi connectivity index (χ0v) is 11.3. The van der Waals surface area contributed by atoms with Crippen LogP contribution >= 0.6 is 27.3 Å². The summed E-state index contributed by atoms with van der Waals surface area (Å²) in [6.45, 7) is 1.95. The van der Waals surface area contributed by atoms with Crippen LogP contribution in [-0.4, -0.2) is 0 Å². The van der Waals surface area contributed by atoms with Crippen molar-refractivity contribution in [1.82, 2.24) is 5.43 Å². The largest absolute Gasteiger partial charge is 0.469 e. The van der Waals surface area contributed by atoms with Crippen LogP contribution in [0.3, 0.4) is 0 Å². The molecule has 2 heterocycles. The highest BCUT2D eigenvalue weighted by atomic mass is 79.9. The first-order valence-corrected chi connectivity index (χ1v) is 6.56. The molecule has 0 spiro atoms. The lowest BCUT2D eigenvalue weighted by molar-refractivity contribution is 0.503. The lowest BCUT2D eigenvalue weighted by Gasteiger charge is -2.13. The highest BCUT2D eigenvalue weighted by molar-refractivity contribution is 9.11. The number of aryl methyl sites for hydroxylation is 1. The van der Waals surface area contributed by atoms with Crippen LogP contribution in [0.2, 0.25) is 0 Å². The summed E-state index contributed by atoms with van der Waals surface area (Å²) in [4.78, 5) is 1.29. The van der Waals surface area contributed by atoms with Crippen molar-refractivity contribution in [3.8, 4) is 0 Å². The molecule has 0 saturated carbocycles. The van der Waals surface area contributed by atoms with Gasteiger partial charge in [0.2, 0.25) is 0 Å². The maximum Gasteiger partial charge on any atom is 0.105 e. The zero-order chi connectivity index (χ0) is 11.5. The summed E-state index contributed by atoms with van der Waals surface area (Å²) in [5.74, 6) is 6.50. The van der Waals surface area contributed by atoms with Gasteiger partial charge < -0.3 is 4.42 Å². The molecule has 3 nitrogen and oxygen atoms in total. The second kappa shape index (κ2) is 5.14. The number of halogens is 1. The van der Waals surface area contributed by atoms with Crippen molar-refractivity contribution in [2.24, 2.45) is 5.84 Å². The van der Waals surface area contributed by atoms with Crippen molar-refractivity contribution in [1.29, 1.82) is 0 Å². The van der Waals surface area contributed by atoms with E-state index in [0.29, 0.717) is 0 Å². The van der Waals surface area contributed by atoms with Crippen LogP contribution in [0.15, 0.2) is 32.7 Å². The van der Waals surface area contributed by atoms with E-state index in [-0.39, 0.29) is 6.04 Å². The van der Waals surface area contributed by atoms with Crippen molar-refractivity contribution in [2.75, 3.05) is 0 Å². The minimum atomic E-state index is 0.101. The van der Waals surface area contributed by atoms with Gasteiger partial charge in [0.1, 0.15) is 5.76 Å². The number of nitrogens with two attached hydrogens (primary N) is 1. The summed E-state index contributed by atoms with van der Waals surface area (Å²) >= 11 is 5.18. The fourth-order valence-electron chi connectivity index (χ4n) is 1.68. The van der Waals surface area contributed by atoms with E-state index in [4.69, 9.17) is 10.3 Å². The molecule has 0 saturated heterocycles. The Kier molecular flexibility index (Phi) is 3.81. The molecule has 0 fully saturated rings. The van der Waals surface area contributed by atoms with Crippen LogP contribution in [-0.2, 0) is 6.42 Å². The minimum absolute atomic E-state index is 0.101. The van der Waals surface area contributed by atoms with Crippen LogP contribution in [0.5, 0.6) is 0 Å². The smallest absolute Gasteiger partial charge is 0.105 e. The number of nitrogens with one attached hydrogen (secondary N) is 1. The van der Waals surface area contributed by atoms with Gasteiger partial charge in [-0.2, -0.15) is 0 Å². The molecule has 2 rings (SSSR count). The quantitative estimate of drug-likeness (QED) is 0.674. The molecular weight excluding hydrogens is 288 g/mol. The van der Waals surface area contributed by atoms with Gasteiger partial charge in [0, 0.05) is 16.9 Å². The second-order valence-corrected chi connectivity index (χ2v) is 6.11. The van der Waals surface area contributed by atoms with Crippen LogP contribution in [0, 0.1) is 6.92 Å². The summed E-state index contributed by atoms with van der Waals surface area (Å²) in [5.41, 5.74) is 3.95. The molecule has 1 atom stereocenters. The highest BCUT2D eigenvalue weighted by Gasteiger charge is 2.15. The van der Waals surface area contributed by atoms with E-state index in [0.717, 1.165) is 21.5 Å². The number of furan rings is 1. The fourth-order valence-corrected chi connectivity index (χ4v) is 3.21. The van der Waals surface area contributed by atoms with Gasteiger partial charge in [-0.3, -0.25) is 11.3 Å². The van der Waals surface area contributed by atoms with Gasteiger partial charge in [0.25, 0.3) is 0 Å². The average Bonchev–Trinajstić information content (AvgIpc) is 2.84. The molecule has 5 heteroatoms. The number of hydrazine groups is 1. The number of hydrogen-bond donors (Lipinski definition) is 2. The van der Waals surface area contributed by atoms with Gasteiger partial charge in [0.15, 0.2) is 0 Å². The summed E-state index contributed by atoms with van der Waals surface area (Å²) in [5, 5.41) is 0. The Labute approximate surface area is 107 Å². The Balaban J connectivity index is 2.15. The molecule has 0 aliphatic heterocycles. The Bertz CT molecular complexity index is 466. The van der Waals surface area contributed by atoms with Gasteiger partial charge in [-0.1, -0.05) is 0 Å². The molecule has 0 aliphatic rings. The Morgan fingerprint density at radius 1 is 1.50 bits per heavy atom. The Hall–Kier alpha value is -0.620. The monoisotopic (exact) mass is 300 g/mol. The van der Waals surface area contributed by atoms with E-state index >= 15 is 0 Å². The lowest BCUT2D eigenvalue weighted by Crippen LogP contribution is -2.29. The minimum Gasteiger partial charge on any atom is -0.469 e. The van der Waals surface area contributed by atoms with Crippen molar-refractivity contribution in [3.63, 3.8) is 0 Å². The molecule has 0 amide bonds. The van der Waals surface area contributed by atoms with E-state index < -0.39 is 0 Å². The number of thiophene rings is 1. The Morgan fingerprint density at radius 3 is 2.81 bits per heavy atom. The topological polar surface area (TPSA) is 51.2 Å². The highest BCUT2D eigenvalue weighted by Crippen LogP contribution is 2.28. The van der Waals surface area contributed by atoms with Gasteiger partial charge >= 0.3 is 0 Å². The predicted octanol–water partition coefficient (Wildman–Crippen LogP) is 3.16. The first kappa shape index (κ1) is 11.9. The third-order valence-electron chi connectivity index (χ3n) is 2.51. The average molecular weight is 301 g/mol. The third-order valence-corrected chi connectivity index (χ3v) is 4.16. The molecule has 16 heavy (non-hydrogen) atoms. The SMILES string of the molecule is Cc1occc1C(Cc1ccc(Br)s1)NN. The van der Waals surface area contributed by atoms with E-state index in [1.165, 1.54) is 4.88 Å². The summed E-state index contributed by atoms with van der Waals surface area (Å²) in [7, 11) is 0. The third kappa shape index (κ3) is 2.55. The van der Waals surface area contributed by atoms with Gasteiger partial charge in [0.05, 0.1) is 16.1 Å². The van der Waals surface area contributed by atoms with Crippen LogP contribution in [0.1, 0.15) is 22.2 Å². The molecule has 2 aromatic rings. The maximum atomic E-state index is 5.59. The fraction of sp³-hybridized carbons (Fsp3) is 0.273. The molecule has 0 aliphatic carbocycles. The molecule has 2 aromatic heterocycles. The normalized spacial score (nSPS) is 12.9. The summed E-state index contributed by atoms with van der Waals surface area (Å²) < 4.78 is 6.43. The van der Waals surface area contributed by atoms with E-state index in [9.17, 15) is 0 Å². The molecule has 0 bridgehead atoms. The van der Waals surface area contributed by atoms with E-state index in [1.807, 2.05) is 13.0 Å². The molecule has 1 unspecified atom stereocenters. The summed E-state index contributed by atoms with van der Waals surface area (Å²) in [6.07, 6.45) is 2.56. The first-order chi connectivity index (χ1) is 7.70. The van der Waals surface area contributed by atoms with Crippen molar-refractivity contribution < 1.29 is 4.42 Å². The lowest BCUT2D eigenvalue weighted by atomic mass is 10.0. The zero-order valence-electron chi connectivity index (χ0n) is 8.87. The van der Waals surface area contributed by atoms with Crippen LogP contribution in [0.25, 0.3) is 0 Å². The van der Waals surface area contributed by atoms with E-state index in [2.05, 4.69) is 33.5 Å².